The highest BCUT2D eigenvalue weighted by molar-refractivity contribution is 6.46. The number of likely N-dealkylation sites (N-methyl/N-ethyl adjacent to an activating group) is 1. The van der Waals surface area contributed by atoms with Gasteiger partial charge < -0.3 is 19.6 Å². The third kappa shape index (κ3) is 4.73. The average molecular weight is 463 g/mol. The molecule has 0 radical (unpaired) electrons. The Hall–Kier alpha value is -3.12. The third-order valence-electron chi connectivity index (χ3n) is 6.53. The summed E-state index contributed by atoms with van der Waals surface area (Å²) in [5, 5.41) is 11.4. The van der Waals surface area contributed by atoms with Crippen LogP contribution in [0.4, 0.5) is 0 Å². The normalized spacial score (nSPS) is 19.7. The summed E-state index contributed by atoms with van der Waals surface area (Å²) in [5.41, 5.74) is 3.91. The molecule has 1 aliphatic carbocycles. The van der Waals surface area contributed by atoms with Gasteiger partial charge in [0, 0.05) is 24.2 Å². The first-order valence-electron chi connectivity index (χ1n) is 12.1. The van der Waals surface area contributed by atoms with E-state index in [9.17, 15) is 14.7 Å². The Morgan fingerprint density at radius 1 is 1.09 bits per heavy atom. The monoisotopic (exact) mass is 462 g/mol. The van der Waals surface area contributed by atoms with E-state index in [0.717, 1.165) is 19.3 Å². The largest absolute Gasteiger partial charge is 0.507 e. The van der Waals surface area contributed by atoms with Crippen molar-refractivity contribution >= 4 is 17.4 Å². The minimum absolute atomic E-state index is 0.0779. The van der Waals surface area contributed by atoms with Gasteiger partial charge in [-0.3, -0.25) is 9.59 Å². The Morgan fingerprint density at radius 3 is 2.50 bits per heavy atom. The predicted octanol–water partition coefficient (Wildman–Crippen LogP) is 4.34. The lowest BCUT2D eigenvalue weighted by molar-refractivity contribution is -0.140. The minimum Gasteiger partial charge on any atom is -0.507 e. The Balaban J connectivity index is 1.86. The molecular weight excluding hydrogens is 428 g/mol. The van der Waals surface area contributed by atoms with Gasteiger partial charge in [0.2, 0.25) is 0 Å². The predicted molar refractivity (Wildman–Crippen MR) is 133 cm³/mol. The molecular formula is C28H34N2O4. The lowest BCUT2D eigenvalue weighted by atomic mass is 9.88. The molecule has 4 rings (SSSR count). The van der Waals surface area contributed by atoms with Crippen molar-refractivity contribution in [3.05, 3.63) is 70.3 Å². The number of hydrogen-bond donors (Lipinski definition) is 1. The molecule has 1 amide bonds. The number of nitrogens with zero attached hydrogens (tertiary/aromatic N) is 2. The smallest absolute Gasteiger partial charge is 0.295 e. The number of carbonyl (C=O) groups excluding carboxylic acids is 2. The lowest BCUT2D eigenvalue weighted by Gasteiger charge is -2.28. The maximum absolute atomic E-state index is 13.3. The van der Waals surface area contributed by atoms with Gasteiger partial charge in [0.05, 0.1) is 17.7 Å². The van der Waals surface area contributed by atoms with Crippen molar-refractivity contribution in [2.75, 3.05) is 27.2 Å². The number of para-hydroxylation sites is 1. The molecule has 6 nitrogen and oxygen atoms in total. The number of fused-ring (bicyclic) bond motifs is 1. The van der Waals surface area contributed by atoms with Crippen LogP contribution in [0.3, 0.4) is 0 Å². The Kier molecular flexibility index (Phi) is 7.08. The zero-order chi connectivity index (χ0) is 24.4. The van der Waals surface area contributed by atoms with E-state index in [0.29, 0.717) is 30.0 Å². The van der Waals surface area contributed by atoms with E-state index >= 15 is 0 Å². The van der Waals surface area contributed by atoms with Gasteiger partial charge in [-0.05, 0) is 76.9 Å². The number of Topliss-reactive ketones (excluding diaryl/α,β-unsaturated/α-hetero) is 1. The third-order valence-corrected chi connectivity index (χ3v) is 6.53. The van der Waals surface area contributed by atoms with Crippen LogP contribution in [0.25, 0.3) is 5.76 Å². The van der Waals surface area contributed by atoms with Crippen molar-refractivity contribution in [3.63, 3.8) is 0 Å². The van der Waals surface area contributed by atoms with Crippen LogP contribution >= 0.6 is 0 Å². The highest BCUT2D eigenvalue weighted by Gasteiger charge is 2.47. The fourth-order valence-electron chi connectivity index (χ4n) is 4.85. The number of carbonyl (C=O) groups is 2. The first-order chi connectivity index (χ1) is 16.3. The first kappa shape index (κ1) is 24.0. The van der Waals surface area contributed by atoms with E-state index in [1.807, 2.05) is 75.3 Å². The molecule has 1 aliphatic heterocycles. The summed E-state index contributed by atoms with van der Waals surface area (Å²) in [5.74, 6) is -0.761. The second-order valence-electron chi connectivity index (χ2n) is 9.69. The first-order valence-corrected chi connectivity index (χ1v) is 12.1. The molecule has 2 aromatic rings. The molecule has 0 bridgehead atoms. The highest BCUT2D eigenvalue weighted by Crippen LogP contribution is 2.43. The van der Waals surface area contributed by atoms with Gasteiger partial charge in [-0.25, -0.2) is 0 Å². The van der Waals surface area contributed by atoms with Crippen molar-refractivity contribution in [2.45, 2.75) is 51.7 Å². The van der Waals surface area contributed by atoms with Gasteiger partial charge in [0.1, 0.15) is 11.5 Å². The molecule has 0 saturated carbocycles. The zero-order valence-electron chi connectivity index (χ0n) is 20.5. The quantitative estimate of drug-likeness (QED) is 0.377. The molecule has 1 unspecified atom stereocenters. The number of aliphatic hydroxyl groups is 1. The number of aryl methyl sites for hydroxylation is 2. The molecule has 1 N–H and O–H groups in total. The van der Waals surface area contributed by atoms with Crippen LogP contribution in [0.5, 0.6) is 5.75 Å². The Morgan fingerprint density at radius 2 is 1.79 bits per heavy atom. The number of hydrogen-bond acceptors (Lipinski definition) is 5. The highest BCUT2D eigenvalue weighted by atomic mass is 16.5. The topological polar surface area (TPSA) is 70.1 Å². The van der Waals surface area contributed by atoms with E-state index in [-0.39, 0.29) is 17.4 Å². The fraction of sp³-hybridized carbons (Fsp3) is 0.429. The number of rotatable bonds is 7. The SMILES string of the molecule is CC(C)Oc1ccccc1C1/C(=C(\O)c2ccc3c(c2)CCCC3)C(=O)C(=O)N1CCN(C)C. The van der Waals surface area contributed by atoms with Crippen molar-refractivity contribution in [2.24, 2.45) is 0 Å². The molecule has 1 fully saturated rings. The van der Waals surface area contributed by atoms with Gasteiger partial charge in [-0.1, -0.05) is 30.3 Å². The van der Waals surface area contributed by atoms with E-state index in [1.165, 1.54) is 17.5 Å². The standard InChI is InChI=1S/C28H34N2O4/c1-18(2)34-23-12-8-7-11-22(23)25-24(27(32)28(33)30(25)16-15-29(3)4)26(31)21-14-13-19-9-5-6-10-20(19)17-21/h7-8,11-14,17-18,25,31H,5-6,9-10,15-16H2,1-4H3/b26-24+. The Bertz CT molecular complexity index is 1120. The van der Waals surface area contributed by atoms with Gasteiger partial charge >= 0.3 is 0 Å². The van der Waals surface area contributed by atoms with Gasteiger partial charge in [-0.15, -0.1) is 0 Å². The molecule has 1 saturated heterocycles. The molecule has 2 aromatic carbocycles. The molecule has 0 aromatic heterocycles. The van der Waals surface area contributed by atoms with E-state index < -0.39 is 17.7 Å². The van der Waals surface area contributed by atoms with E-state index in [2.05, 4.69) is 0 Å². The van der Waals surface area contributed by atoms with Crippen LogP contribution < -0.4 is 4.74 Å². The van der Waals surface area contributed by atoms with Crippen LogP contribution in [-0.4, -0.2) is 59.9 Å². The molecule has 1 atom stereocenters. The molecule has 180 valence electrons. The van der Waals surface area contributed by atoms with Crippen molar-refractivity contribution in [1.29, 1.82) is 0 Å². The molecule has 34 heavy (non-hydrogen) atoms. The molecule has 2 aliphatic rings. The zero-order valence-corrected chi connectivity index (χ0v) is 20.5. The second kappa shape index (κ2) is 10.0. The molecule has 6 heteroatoms. The minimum atomic E-state index is -0.717. The van der Waals surface area contributed by atoms with E-state index in [4.69, 9.17) is 4.74 Å². The van der Waals surface area contributed by atoms with Crippen LogP contribution in [-0.2, 0) is 22.4 Å². The summed E-state index contributed by atoms with van der Waals surface area (Å²) < 4.78 is 6.05. The van der Waals surface area contributed by atoms with Gasteiger partial charge in [-0.2, -0.15) is 0 Å². The van der Waals surface area contributed by atoms with E-state index in [1.54, 1.807) is 4.90 Å². The molecule has 1 heterocycles. The van der Waals surface area contributed by atoms with Crippen LogP contribution in [0.1, 0.15) is 55.0 Å². The lowest BCUT2D eigenvalue weighted by Crippen LogP contribution is -2.35. The number of ether oxygens (including phenoxy) is 1. The summed E-state index contributed by atoms with van der Waals surface area (Å²) in [4.78, 5) is 30.0. The van der Waals surface area contributed by atoms with Crippen molar-refractivity contribution in [1.82, 2.24) is 9.80 Å². The summed E-state index contributed by atoms with van der Waals surface area (Å²) >= 11 is 0. The van der Waals surface area contributed by atoms with Gasteiger partial charge in [0.25, 0.3) is 11.7 Å². The number of ketones is 1. The van der Waals surface area contributed by atoms with Gasteiger partial charge in [0.15, 0.2) is 0 Å². The maximum atomic E-state index is 13.3. The summed E-state index contributed by atoms with van der Waals surface area (Å²) in [6, 6.07) is 12.6. The maximum Gasteiger partial charge on any atom is 0.295 e. The number of benzene rings is 2. The van der Waals surface area contributed by atoms with Crippen molar-refractivity contribution < 1.29 is 19.4 Å². The second-order valence-corrected chi connectivity index (χ2v) is 9.69. The van der Waals surface area contributed by atoms with Crippen LogP contribution in [0.15, 0.2) is 48.0 Å². The summed E-state index contributed by atoms with van der Waals surface area (Å²) in [7, 11) is 3.85. The number of amides is 1. The summed E-state index contributed by atoms with van der Waals surface area (Å²) in [6.07, 6.45) is 4.20. The Labute approximate surface area is 201 Å². The average Bonchev–Trinajstić information content (AvgIpc) is 3.06. The number of aliphatic hydroxyl groups excluding tert-OH is 1. The van der Waals surface area contributed by atoms with Crippen molar-refractivity contribution in [3.8, 4) is 5.75 Å². The fourth-order valence-corrected chi connectivity index (χ4v) is 4.85. The molecule has 0 spiro atoms. The summed E-state index contributed by atoms with van der Waals surface area (Å²) in [6.45, 7) is 4.83. The number of likely N-dealkylation sites (tertiary alicyclic amines) is 1. The van der Waals surface area contributed by atoms with Crippen LogP contribution in [0.2, 0.25) is 0 Å². The van der Waals surface area contributed by atoms with Crippen LogP contribution in [0, 0.1) is 0 Å².